The zero-order valence-corrected chi connectivity index (χ0v) is 15.7. The van der Waals surface area contributed by atoms with Gasteiger partial charge in [-0.05, 0) is 32.9 Å². The molecule has 1 saturated carbocycles. The highest BCUT2D eigenvalue weighted by atomic mass is 35.5. The van der Waals surface area contributed by atoms with Gasteiger partial charge in [-0.3, -0.25) is 4.79 Å². The van der Waals surface area contributed by atoms with Crippen LogP contribution in [0.2, 0.25) is 0 Å². The van der Waals surface area contributed by atoms with E-state index >= 15 is 0 Å². The normalized spacial score (nSPS) is 33.3. The second-order valence-electron chi connectivity index (χ2n) is 6.97. The van der Waals surface area contributed by atoms with Gasteiger partial charge in [0.1, 0.15) is 5.54 Å². The van der Waals surface area contributed by atoms with Gasteiger partial charge in [-0.25, -0.2) is 0 Å². The van der Waals surface area contributed by atoms with E-state index in [2.05, 4.69) is 17.3 Å². The molecule has 1 heterocycles. The van der Waals surface area contributed by atoms with Crippen molar-refractivity contribution in [2.24, 2.45) is 17.1 Å². The fourth-order valence-electron chi connectivity index (χ4n) is 3.41. The van der Waals surface area contributed by atoms with Gasteiger partial charge in [0.2, 0.25) is 5.91 Å². The van der Waals surface area contributed by atoms with Crippen molar-refractivity contribution >= 4 is 30.7 Å². The van der Waals surface area contributed by atoms with E-state index in [-0.39, 0.29) is 42.2 Å². The van der Waals surface area contributed by atoms with Crippen LogP contribution in [0.1, 0.15) is 33.6 Å². The van der Waals surface area contributed by atoms with Crippen molar-refractivity contribution < 1.29 is 9.53 Å². The molecule has 22 heavy (non-hydrogen) atoms. The molecule has 3 unspecified atom stereocenters. The van der Waals surface area contributed by atoms with Crippen LogP contribution in [0.15, 0.2) is 0 Å². The van der Waals surface area contributed by atoms with E-state index < -0.39 is 5.54 Å². The van der Waals surface area contributed by atoms with E-state index in [1.807, 2.05) is 20.8 Å². The van der Waals surface area contributed by atoms with E-state index in [1.165, 1.54) is 0 Å². The lowest BCUT2D eigenvalue weighted by Gasteiger charge is -2.57. The van der Waals surface area contributed by atoms with Crippen LogP contribution in [-0.4, -0.2) is 55.7 Å². The number of rotatable bonds is 5. The molecule has 2 aliphatic rings. The Bertz CT molecular complexity index is 382. The summed E-state index contributed by atoms with van der Waals surface area (Å²) in [5.41, 5.74) is 5.25. The molecule has 0 aromatic carbocycles. The maximum atomic E-state index is 12.4. The first-order chi connectivity index (χ1) is 9.31. The smallest absolute Gasteiger partial charge is 0.240 e. The van der Waals surface area contributed by atoms with E-state index in [4.69, 9.17) is 10.5 Å². The van der Waals surface area contributed by atoms with E-state index in [0.717, 1.165) is 26.1 Å². The number of nitrogens with one attached hydrogen (secondary N) is 1. The van der Waals surface area contributed by atoms with Crippen LogP contribution in [0.5, 0.6) is 0 Å². The highest BCUT2D eigenvalue weighted by Crippen LogP contribution is 2.49. The molecule has 2 rings (SSSR count). The summed E-state index contributed by atoms with van der Waals surface area (Å²) in [6.07, 6.45) is 1.85. The average Bonchev–Trinajstić information content (AvgIpc) is 2.81. The van der Waals surface area contributed by atoms with Gasteiger partial charge in [0.15, 0.2) is 0 Å². The number of ether oxygens (including phenoxy) is 1. The number of hydrogen-bond acceptors (Lipinski definition) is 4. The molecule has 0 bridgehead atoms. The summed E-state index contributed by atoms with van der Waals surface area (Å²) >= 11 is 0. The number of nitrogens with two attached hydrogens (primary N) is 1. The zero-order valence-electron chi connectivity index (χ0n) is 14.1. The topological polar surface area (TPSA) is 67.6 Å². The third kappa shape index (κ3) is 3.88. The summed E-state index contributed by atoms with van der Waals surface area (Å²) in [7, 11) is 2.12. The van der Waals surface area contributed by atoms with Crippen LogP contribution in [-0.2, 0) is 9.53 Å². The van der Waals surface area contributed by atoms with Crippen molar-refractivity contribution in [1.29, 1.82) is 0 Å². The van der Waals surface area contributed by atoms with Gasteiger partial charge in [0.05, 0.1) is 6.10 Å². The van der Waals surface area contributed by atoms with Crippen molar-refractivity contribution in [3.8, 4) is 0 Å². The first-order valence-electron chi connectivity index (χ1n) is 7.68. The van der Waals surface area contributed by atoms with Gasteiger partial charge in [-0.15, -0.1) is 24.8 Å². The Hall–Kier alpha value is -0.0700. The maximum absolute atomic E-state index is 12.4. The van der Waals surface area contributed by atoms with Crippen molar-refractivity contribution in [2.75, 3.05) is 33.3 Å². The monoisotopic (exact) mass is 355 g/mol. The molecule has 1 aliphatic heterocycles. The van der Waals surface area contributed by atoms with Crippen LogP contribution in [0.25, 0.3) is 0 Å². The SMILES string of the molecule is CCOC1CC(N)(C(=O)NCC2CCN(C)C2)C1(C)C.Cl.Cl. The van der Waals surface area contributed by atoms with Crippen LogP contribution >= 0.6 is 24.8 Å². The highest BCUT2D eigenvalue weighted by Gasteiger charge is 2.62. The number of nitrogens with zero attached hydrogens (tertiary/aromatic N) is 1. The van der Waals surface area contributed by atoms with Gasteiger partial charge < -0.3 is 20.7 Å². The third-order valence-corrected chi connectivity index (χ3v) is 5.28. The molecule has 3 atom stereocenters. The Labute approximate surface area is 146 Å². The molecule has 1 saturated heterocycles. The third-order valence-electron chi connectivity index (χ3n) is 5.28. The molecule has 5 nitrogen and oxygen atoms in total. The molecular formula is C15H31Cl2N3O2. The Morgan fingerprint density at radius 3 is 2.50 bits per heavy atom. The number of hydrogen-bond donors (Lipinski definition) is 2. The average molecular weight is 356 g/mol. The molecule has 1 aliphatic carbocycles. The van der Waals surface area contributed by atoms with Gasteiger partial charge in [-0.1, -0.05) is 13.8 Å². The van der Waals surface area contributed by atoms with Crippen LogP contribution in [0, 0.1) is 11.3 Å². The Morgan fingerprint density at radius 1 is 1.41 bits per heavy atom. The molecule has 1 amide bonds. The first kappa shape index (κ1) is 21.9. The highest BCUT2D eigenvalue weighted by molar-refractivity contribution is 5.88. The van der Waals surface area contributed by atoms with E-state index in [0.29, 0.717) is 18.9 Å². The summed E-state index contributed by atoms with van der Waals surface area (Å²) in [6, 6.07) is 0. The molecule has 2 fully saturated rings. The summed E-state index contributed by atoms with van der Waals surface area (Å²) in [4.78, 5) is 14.7. The van der Waals surface area contributed by atoms with Crippen LogP contribution in [0.4, 0.5) is 0 Å². The van der Waals surface area contributed by atoms with E-state index in [1.54, 1.807) is 0 Å². The van der Waals surface area contributed by atoms with Crippen LogP contribution < -0.4 is 11.1 Å². The Kier molecular flexibility index (Phi) is 8.13. The standard InChI is InChI=1S/C15H29N3O2.2ClH/c1-5-20-12-8-15(16,14(12,2)3)13(19)17-9-11-6-7-18(4)10-11;;/h11-12H,5-10,16H2,1-4H3,(H,17,19);2*1H. The number of likely N-dealkylation sites (tertiary alicyclic amines) is 1. The molecule has 0 radical (unpaired) electrons. The summed E-state index contributed by atoms with van der Waals surface area (Å²) in [6.45, 7) is 9.61. The Morgan fingerprint density at radius 2 is 2.05 bits per heavy atom. The first-order valence-corrected chi connectivity index (χ1v) is 7.68. The fourth-order valence-corrected chi connectivity index (χ4v) is 3.41. The quantitative estimate of drug-likeness (QED) is 0.782. The molecule has 0 aromatic heterocycles. The number of carbonyl (C=O) groups is 1. The lowest BCUT2D eigenvalue weighted by Crippen LogP contribution is -2.75. The van der Waals surface area contributed by atoms with Gasteiger partial charge >= 0.3 is 0 Å². The minimum Gasteiger partial charge on any atom is -0.378 e. The predicted octanol–water partition coefficient (Wildman–Crippen LogP) is 1.43. The van der Waals surface area contributed by atoms with Crippen molar-refractivity contribution in [3.05, 3.63) is 0 Å². The van der Waals surface area contributed by atoms with E-state index in [9.17, 15) is 4.79 Å². The van der Waals surface area contributed by atoms with Gasteiger partial charge in [0.25, 0.3) is 0 Å². The second kappa shape index (κ2) is 8.15. The fraction of sp³-hybridized carbons (Fsp3) is 0.933. The molecule has 132 valence electrons. The van der Waals surface area contributed by atoms with Crippen molar-refractivity contribution in [2.45, 2.75) is 45.3 Å². The molecular weight excluding hydrogens is 325 g/mol. The summed E-state index contributed by atoms with van der Waals surface area (Å²) in [5.74, 6) is 0.534. The van der Waals surface area contributed by atoms with Gasteiger partial charge in [0, 0.05) is 31.5 Å². The molecule has 7 heteroatoms. The molecule has 0 spiro atoms. The summed E-state index contributed by atoms with van der Waals surface area (Å²) < 4.78 is 5.66. The number of amides is 1. The summed E-state index contributed by atoms with van der Waals surface area (Å²) in [5, 5.41) is 3.06. The van der Waals surface area contributed by atoms with Crippen LogP contribution in [0.3, 0.4) is 0 Å². The van der Waals surface area contributed by atoms with Gasteiger partial charge in [-0.2, -0.15) is 0 Å². The number of halogens is 2. The predicted molar refractivity (Wildman–Crippen MR) is 93.8 cm³/mol. The minimum atomic E-state index is -0.794. The molecule has 3 N–H and O–H groups in total. The maximum Gasteiger partial charge on any atom is 0.240 e. The molecule has 0 aromatic rings. The lowest BCUT2D eigenvalue weighted by molar-refractivity contribution is -0.170. The Balaban J connectivity index is 0.00000220. The number of carbonyl (C=O) groups excluding carboxylic acids is 1. The largest absolute Gasteiger partial charge is 0.378 e. The van der Waals surface area contributed by atoms with Crippen molar-refractivity contribution in [3.63, 3.8) is 0 Å². The second-order valence-corrected chi connectivity index (χ2v) is 6.97. The minimum absolute atomic E-state index is 0. The van der Waals surface area contributed by atoms with Crippen molar-refractivity contribution in [1.82, 2.24) is 10.2 Å². The zero-order chi connectivity index (χ0) is 15.0. The lowest BCUT2D eigenvalue weighted by atomic mass is 9.54.